The molecule has 158 valence electrons. The second-order valence-corrected chi connectivity index (χ2v) is 11.5. The predicted octanol–water partition coefficient (Wildman–Crippen LogP) is 6.40. The molecule has 3 nitrogen and oxygen atoms in total. The minimum Gasteiger partial charge on any atom is -0.280 e. The number of para-hydroxylation sites is 1. The first kappa shape index (κ1) is 22.5. The van der Waals surface area contributed by atoms with Gasteiger partial charge >= 0.3 is 7.94 Å². The first-order valence-corrected chi connectivity index (χ1v) is 11.8. The molecule has 0 heterocycles. The summed E-state index contributed by atoms with van der Waals surface area (Å²) >= 11 is 0. The number of rotatable bonds is 4. The summed E-state index contributed by atoms with van der Waals surface area (Å²) in [6.07, 6.45) is 0. The summed E-state index contributed by atoms with van der Waals surface area (Å²) in [6.45, 7) is 12.6. The van der Waals surface area contributed by atoms with Gasteiger partial charge in [-0.3, -0.25) is 4.52 Å². The molecule has 3 rings (SSSR count). The first-order valence-electron chi connectivity index (χ1n) is 10.2. The molecule has 0 unspecified atom stereocenters. The molecule has 30 heavy (non-hydrogen) atoms. The molecule has 0 spiro atoms. The molecule has 0 aliphatic heterocycles. The average Bonchev–Trinajstić information content (AvgIpc) is 2.67. The number of hydrogen-bond acceptors (Lipinski definition) is 3. The highest BCUT2D eigenvalue weighted by atomic mass is 31.2. The van der Waals surface area contributed by atoms with Gasteiger partial charge in [0.1, 0.15) is 0 Å². The molecule has 0 amide bonds. The van der Waals surface area contributed by atoms with Crippen molar-refractivity contribution in [1.29, 1.82) is 0 Å². The molecule has 3 aromatic rings. The van der Waals surface area contributed by atoms with Gasteiger partial charge in [-0.2, -0.15) is 9.79 Å². The molecule has 0 aromatic heterocycles. The molecule has 0 bridgehead atoms. The lowest BCUT2D eigenvalue weighted by Gasteiger charge is -2.28. The Morgan fingerprint density at radius 3 is 1.67 bits per heavy atom. The highest BCUT2D eigenvalue weighted by molar-refractivity contribution is 7.68. The van der Waals surface area contributed by atoms with Crippen molar-refractivity contribution >= 4 is 13.2 Å². The Hall–Kier alpha value is -2.19. The van der Waals surface area contributed by atoms with Crippen molar-refractivity contribution in [1.82, 2.24) is 0 Å². The highest BCUT2D eigenvalue weighted by Gasteiger charge is 2.44. The van der Waals surface area contributed by atoms with Crippen molar-refractivity contribution in [2.45, 2.75) is 52.4 Å². The van der Waals surface area contributed by atoms with Crippen molar-refractivity contribution < 1.29 is 14.3 Å². The summed E-state index contributed by atoms with van der Waals surface area (Å²) in [5.41, 5.74) is 3.45. The van der Waals surface area contributed by atoms with Gasteiger partial charge in [0.15, 0.2) is 11.1 Å². The van der Waals surface area contributed by atoms with Crippen LogP contribution in [0.3, 0.4) is 0 Å². The fourth-order valence-electron chi connectivity index (χ4n) is 3.49. The fourth-order valence-corrected chi connectivity index (χ4v) is 4.64. The van der Waals surface area contributed by atoms with E-state index in [-0.39, 0.29) is 10.8 Å². The van der Waals surface area contributed by atoms with E-state index in [4.69, 9.17) is 4.52 Å². The molecule has 4 heteroatoms. The second-order valence-electron chi connectivity index (χ2n) is 9.73. The standard InChI is InChI=1S/C26H32O3P/c1-25(2,3)22-16-11-17-23(26(4,5)6)24(22)29-30(27,28)21-15-10-14-20(18-21)19-12-8-7-9-13-19/h7-18,27-28H,1-6H3/q+1. The summed E-state index contributed by atoms with van der Waals surface area (Å²) in [5.74, 6) is 0.570. The maximum atomic E-state index is 11.1. The monoisotopic (exact) mass is 423 g/mol. The Balaban J connectivity index is 2.08. The van der Waals surface area contributed by atoms with Gasteiger partial charge in [-0.25, -0.2) is 0 Å². The lowest BCUT2D eigenvalue weighted by molar-refractivity contribution is 0.345. The van der Waals surface area contributed by atoms with Gasteiger partial charge in [0.25, 0.3) is 0 Å². The van der Waals surface area contributed by atoms with Gasteiger partial charge in [-0.05, 0) is 34.1 Å². The van der Waals surface area contributed by atoms with Crippen LogP contribution in [0.25, 0.3) is 11.1 Å². The van der Waals surface area contributed by atoms with E-state index in [0.29, 0.717) is 11.1 Å². The highest BCUT2D eigenvalue weighted by Crippen LogP contribution is 2.54. The quantitative estimate of drug-likeness (QED) is 0.477. The van der Waals surface area contributed by atoms with Crippen LogP contribution in [0.1, 0.15) is 52.7 Å². The molecule has 0 fully saturated rings. The molecular weight excluding hydrogens is 391 g/mol. The van der Waals surface area contributed by atoms with E-state index in [1.807, 2.05) is 60.7 Å². The van der Waals surface area contributed by atoms with Crippen molar-refractivity contribution in [2.75, 3.05) is 0 Å². The third-order valence-corrected chi connectivity index (χ3v) is 6.53. The zero-order valence-corrected chi connectivity index (χ0v) is 19.6. The van der Waals surface area contributed by atoms with Gasteiger partial charge in [0.05, 0.1) is 0 Å². The molecule has 3 aromatic carbocycles. The van der Waals surface area contributed by atoms with Crippen LogP contribution in [0.5, 0.6) is 5.75 Å². The average molecular weight is 424 g/mol. The second kappa shape index (κ2) is 8.15. The third kappa shape index (κ3) is 4.92. The van der Waals surface area contributed by atoms with Crippen LogP contribution < -0.4 is 9.83 Å². The van der Waals surface area contributed by atoms with Crippen molar-refractivity contribution in [3.05, 3.63) is 83.9 Å². The van der Waals surface area contributed by atoms with E-state index in [0.717, 1.165) is 22.3 Å². The van der Waals surface area contributed by atoms with Gasteiger partial charge < -0.3 is 0 Å². The molecule has 0 radical (unpaired) electrons. The predicted molar refractivity (Wildman–Crippen MR) is 127 cm³/mol. The Morgan fingerprint density at radius 1 is 0.633 bits per heavy atom. The summed E-state index contributed by atoms with van der Waals surface area (Å²) in [4.78, 5) is 22.3. The van der Waals surface area contributed by atoms with Crippen molar-refractivity contribution in [3.63, 3.8) is 0 Å². The molecule has 0 saturated carbocycles. The van der Waals surface area contributed by atoms with Crippen LogP contribution >= 0.6 is 7.94 Å². The lowest BCUT2D eigenvalue weighted by atomic mass is 9.80. The summed E-state index contributed by atoms with van der Waals surface area (Å²) < 4.78 is 6.12. The van der Waals surface area contributed by atoms with E-state index < -0.39 is 7.94 Å². The Labute approximate surface area is 181 Å². The van der Waals surface area contributed by atoms with Gasteiger partial charge in [-0.1, -0.05) is 102 Å². The maximum Gasteiger partial charge on any atom is 0.487 e. The molecule has 0 aliphatic rings. The van der Waals surface area contributed by atoms with Gasteiger partial charge in [0, 0.05) is 11.1 Å². The normalized spacial score (nSPS) is 12.7. The minimum absolute atomic E-state index is 0.206. The topological polar surface area (TPSA) is 49.7 Å². The Morgan fingerprint density at radius 2 is 1.13 bits per heavy atom. The summed E-state index contributed by atoms with van der Waals surface area (Å²) in [6, 6.07) is 23.2. The number of hydrogen-bond donors (Lipinski definition) is 2. The largest absolute Gasteiger partial charge is 0.487 e. The van der Waals surface area contributed by atoms with Crippen molar-refractivity contribution in [3.8, 4) is 16.9 Å². The SMILES string of the molecule is CC(C)(C)c1cccc(C(C)(C)C)c1O[P+](O)(O)c1cccc(-c2ccccc2)c1. The van der Waals surface area contributed by atoms with Gasteiger partial charge in [-0.15, -0.1) is 0 Å². The van der Waals surface area contributed by atoms with Crippen LogP contribution in [0.2, 0.25) is 0 Å². The van der Waals surface area contributed by atoms with E-state index in [1.54, 1.807) is 12.1 Å². The fraction of sp³-hybridized carbons (Fsp3) is 0.308. The minimum atomic E-state index is -3.86. The van der Waals surface area contributed by atoms with Crippen LogP contribution in [0.4, 0.5) is 0 Å². The zero-order chi connectivity index (χ0) is 22.2. The third-order valence-electron chi connectivity index (χ3n) is 5.14. The first-order chi connectivity index (χ1) is 13.9. The van der Waals surface area contributed by atoms with E-state index in [1.165, 1.54) is 0 Å². The maximum absolute atomic E-state index is 11.1. The lowest BCUT2D eigenvalue weighted by Crippen LogP contribution is -2.22. The molecule has 0 atom stereocenters. The summed E-state index contributed by atoms with van der Waals surface area (Å²) in [7, 11) is -3.86. The van der Waals surface area contributed by atoms with Crippen molar-refractivity contribution in [2.24, 2.45) is 0 Å². The number of benzene rings is 3. The van der Waals surface area contributed by atoms with Crippen LogP contribution in [-0.4, -0.2) is 9.79 Å². The zero-order valence-electron chi connectivity index (χ0n) is 18.7. The van der Waals surface area contributed by atoms with Gasteiger partial charge in [0.2, 0.25) is 0 Å². The van der Waals surface area contributed by atoms with Crippen LogP contribution in [-0.2, 0) is 10.8 Å². The Kier molecular flexibility index (Phi) is 6.11. The van der Waals surface area contributed by atoms with E-state index in [2.05, 4.69) is 41.5 Å². The van der Waals surface area contributed by atoms with E-state index in [9.17, 15) is 9.79 Å². The molecular formula is C26H32O3P+. The molecule has 2 N–H and O–H groups in total. The van der Waals surface area contributed by atoms with E-state index >= 15 is 0 Å². The summed E-state index contributed by atoms with van der Waals surface area (Å²) in [5, 5.41) is 0.396. The van der Waals surface area contributed by atoms with Crippen LogP contribution in [0, 0.1) is 0 Å². The van der Waals surface area contributed by atoms with Crippen LogP contribution in [0.15, 0.2) is 72.8 Å². The molecule has 0 saturated heterocycles. The molecule has 0 aliphatic carbocycles. The Bertz CT molecular complexity index is 980. The smallest absolute Gasteiger partial charge is 0.280 e.